The predicted octanol–water partition coefficient (Wildman–Crippen LogP) is 4.08. The van der Waals surface area contributed by atoms with Crippen LogP contribution in [0.25, 0.3) is 0 Å². The second-order valence-corrected chi connectivity index (χ2v) is 4.83. The zero-order valence-corrected chi connectivity index (χ0v) is 10.4. The Kier molecular flexibility index (Phi) is 4.05. The number of halogens is 1. The molecule has 3 heteroatoms. The van der Waals surface area contributed by atoms with Crippen molar-refractivity contribution in [2.24, 2.45) is 5.92 Å². The standard InChI is InChI=1S/C13H18ClNO/c1-2-10-5-3-6-11(9-10)16-12-7-4-8-15-13(12)14/h4,7-8,10-11H,2-3,5-6,9H2,1H3. The maximum Gasteiger partial charge on any atom is 0.171 e. The molecule has 16 heavy (non-hydrogen) atoms. The molecule has 1 aromatic heterocycles. The molecule has 0 radical (unpaired) electrons. The third-order valence-electron chi connectivity index (χ3n) is 3.33. The first-order valence-electron chi connectivity index (χ1n) is 6.06. The second-order valence-electron chi connectivity index (χ2n) is 4.47. The van der Waals surface area contributed by atoms with Crippen molar-refractivity contribution in [2.75, 3.05) is 0 Å². The lowest BCUT2D eigenvalue weighted by atomic mass is 9.85. The zero-order chi connectivity index (χ0) is 11.4. The van der Waals surface area contributed by atoms with Crippen molar-refractivity contribution in [3.05, 3.63) is 23.5 Å². The highest BCUT2D eigenvalue weighted by atomic mass is 35.5. The molecule has 0 aromatic carbocycles. The first kappa shape index (κ1) is 11.7. The smallest absolute Gasteiger partial charge is 0.171 e. The van der Waals surface area contributed by atoms with E-state index in [0.717, 1.165) is 24.5 Å². The number of nitrogens with zero attached hydrogens (tertiary/aromatic N) is 1. The number of aromatic nitrogens is 1. The highest BCUT2D eigenvalue weighted by molar-refractivity contribution is 6.30. The van der Waals surface area contributed by atoms with Crippen LogP contribution in [0.3, 0.4) is 0 Å². The Morgan fingerprint density at radius 1 is 1.50 bits per heavy atom. The van der Waals surface area contributed by atoms with Gasteiger partial charge >= 0.3 is 0 Å². The largest absolute Gasteiger partial charge is 0.487 e. The fraction of sp³-hybridized carbons (Fsp3) is 0.615. The lowest BCUT2D eigenvalue weighted by molar-refractivity contribution is 0.122. The summed E-state index contributed by atoms with van der Waals surface area (Å²) in [5.74, 6) is 1.54. The van der Waals surface area contributed by atoms with Crippen molar-refractivity contribution < 1.29 is 4.74 Å². The van der Waals surface area contributed by atoms with Gasteiger partial charge in [-0.05, 0) is 37.3 Å². The van der Waals surface area contributed by atoms with E-state index in [1.807, 2.05) is 12.1 Å². The maximum absolute atomic E-state index is 5.98. The van der Waals surface area contributed by atoms with Crippen LogP contribution in [0.5, 0.6) is 5.75 Å². The maximum atomic E-state index is 5.98. The number of pyridine rings is 1. The molecular formula is C13H18ClNO. The van der Waals surface area contributed by atoms with Crippen molar-refractivity contribution in [1.29, 1.82) is 0 Å². The quantitative estimate of drug-likeness (QED) is 0.742. The average Bonchev–Trinajstić information content (AvgIpc) is 2.32. The summed E-state index contributed by atoms with van der Waals surface area (Å²) >= 11 is 5.98. The first-order valence-corrected chi connectivity index (χ1v) is 6.44. The molecule has 0 saturated heterocycles. The molecule has 2 rings (SSSR count). The van der Waals surface area contributed by atoms with Crippen LogP contribution in [-0.4, -0.2) is 11.1 Å². The molecule has 1 aliphatic carbocycles. The van der Waals surface area contributed by atoms with E-state index >= 15 is 0 Å². The molecule has 2 nitrogen and oxygen atoms in total. The molecule has 0 aliphatic heterocycles. The Bertz CT molecular complexity index is 342. The molecule has 0 N–H and O–H groups in total. The van der Waals surface area contributed by atoms with Crippen molar-refractivity contribution in [3.63, 3.8) is 0 Å². The summed E-state index contributed by atoms with van der Waals surface area (Å²) in [7, 11) is 0. The molecule has 1 fully saturated rings. The van der Waals surface area contributed by atoms with Gasteiger partial charge in [-0.25, -0.2) is 4.98 Å². The number of ether oxygens (including phenoxy) is 1. The van der Waals surface area contributed by atoms with Crippen LogP contribution in [0.1, 0.15) is 39.0 Å². The van der Waals surface area contributed by atoms with E-state index in [-0.39, 0.29) is 0 Å². The second kappa shape index (κ2) is 5.53. The van der Waals surface area contributed by atoms with Gasteiger partial charge in [-0.2, -0.15) is 0 Å². The van der Waals surface area contributed by atoms with Gasteiger partial charge in [0.1, 0.15) is 0 Å². The Balaban J connectivity index is 1.97. The van der Waals surface area contributed by atoms with Crippen molar-refractivity contribution >= 4 is 11.6 Å². The molecule has 1 heterocycles. The Hall–Kier alpha value is -0.760. The monoisotopic (exact) mass is 239 g/mol. The van der Waals surface area contributed by atoms with Gasteiger partial charge in [-0.3, -0.25) is 0 Å². The molecule has 2 unspecified atom stereocenters. The van der Waals surface area contributed by atoms with Gasteiger partial charge in [0.15, 0.2) is 10.9 Å². The summed E-state index contributed by atoms with van der Waals surface area (Å²) in [4.78, 5) is 4.02. The Labute approximate surface area is 102 Å². The Morgan fingerprint density at radius 3 is 3.12 bits per heavy atom. The summed E-state index contributed by atoms with van der Waals surface area (Å²) in [6, 6.07) is 3.76. The van der Waals surface area contributed by atoms with Crippen molar-refractivity contribution in [3.8, 4) is 5.75 Å². The third kappa shape index (κ3) is 2.88. The van der Waals surface area contributed by atoms with Crippen LogP contribution in [0.15, 0.2) is 18.3 Å². The molecule has 0 amide bonds. The highest BCUT2D eigenvalue weighted by Crippen LogP contribution is 2.31. The van der Waals surface area contributed by atoms with Gasteiger partial charge in [0.05, 0.1) is 6.10 Å². The van der Waals surface area contributed by atoms with E-state index in [1.54, 1.807) is 6.20 Å². The van der Waals surface area contributed by atoms with Crippen LogP contribution in [0.2, 0.25) is 5.15 Å². The van der Waals surface area contributed by atoms with Gasteiger partial charge in [-0.15, -0.1) is 0 Å². The van der Waals surface area contributed by atoms with E-state index < -0.39 is 0 Å². The summed E-state index contributed by atoms with van der Waals surface area (Å²) < 4.78 is 5.92. The van der Waals surface area contributed by atoms with E-state index in [4.69, 9.17) is 16.3 Å². The normalized spacial score (nSPS) is 25.4. The molecule has 0 bridgehead atoms. The molecule has 0 spiro atoms. The van der Waals surface area contributed by atoms with Crippen molar-refractivity contribution in [2.45, 2.75) is 45.1 Å². The molecule has 1 aliphatic rings. The lowest BCUT2D eigenvalue weighted by Gasteiger charge is -2.29. The summed E-state index contributed by atoms with van der Waals surface area (Å²) in [5, 5.41) is 0.473. The van der Waals surface area contributed by atoms with Gasteiger partial charge < -0.3 is 4.74 Å². The lowest BCUT2D eigenvalue weighted by Crippen LogP contribution is -2.25. The van der Waals surface area contributed by atoms with E-state index in [1.165, 1.54) is 19.3 Å². The van der Waals surface area contributed by atoms with E-state index in [2.05, 4.69) is 11.9 Å². The van der Waals surface area contributed by atoms with Crippen LogP contribution in [0.4, 0.5) is 0 Å². The topological polar surface area (TPSA) is 22.1 Å². The summed E-state index contributed by atoms with van der Waals surface area (Å²) in [5.41, 5.74) is 0. The van der Waals surface area contributed by atoms with Crippen LogP contribution < -0.4 is 4.74 Å². The average molecular weight is 240 g/mol. The molecule has 2 atom stereocenters. The minimum atomic E-state index is 0.320. The molecule has 1 saturated carbocycles. The molecular weight excluding hydrogens is 222 g/mol. The predicted molar refractivity (Wildman–Crippen MR) is 65.9 cm³/mol. The van der Waals surface area contributed by atoms with Gasteiger partial charge in [0, 0.05) is 6.20 Å². The minimum Gasteiger partial charge on any atom is -0.487 e. The minimum absolute atomic E-state index is 0.320. The highest BCUT2D eigenvalue weighted by Gasteiger charge is 2.22. The first-order chi connectivity index (χ1) is 7.79. The number of hydrogen-bond acceptors (Lipinski definition) is 2. The van der Waals surface area contributed by atoms with Crippen LogP contribution in [0, 0.1) is 5.92 Å². The van der Waals surface area contributed by atoms with Gasteiger partial charge in [0.25, 0.3) is 0 Å². The Morgan fingerprint density at radius 2 is 2.38 bits per heavy atom. The zero-order valence-electron chi connectivity index (χ0n) is 9.66. The van der Waals surface area contributed by atoms with Crippen molar-refractivity contribution in [1.82, 2.24) is 4.98 Å². The number of rotatable bonds is 3. The summed E-state index contributed by atoms with van der Waals surface area (Å²) in [6.07, 6.45) is 8.16. The van der Waals surface area contributed by atoms with Gasteiger partial charge in [-0.1, -0.05) is 31.4 Å². The fourth-order valence-corrected chi connectivity index (χ4v) is 2.52. The summed E-state index contributed by atoms with van der Waals surface area (Å²) in [6.45, 7) is 2.25. The number of hydrogen-bond donors (Lipinski definition) is 0. The molecule has 88 valence electrons. The van der Waals surface area contributed by atoms with E-state index in [9.17, 15) is 0 Å². The fourth-order valence-electron chi connectivity index (χ4n) is 2.36. The van der Waals surface area contributed by atoms with Crippen LogP contribution >= 0.6 is 11.6 Å². The molecule has 1 aromatic rings. The third-order valence-corrected chi connectivity index (χ3v) is 3.61. The van der Waals surface area contributed by atoms with Crippen LogP contribution in [-0.2, 0) is 0 Å². The van der Waals surface area contributed by atoms with E-state index in [0.29, 0.717) is 11.3 Å². The van der Waals surface area contributed by atoms with Gasteiger partial charge in [0.2, 0.25) is 0 Å². The SMILES string of the molecule is CCC1CCCC(Oc2cccnc2Cl)C1.